The molecular formula is C16H28N4. The highest BCUT2D eigenvalue weighted by atomic mass is 15.3. The molecule has 2 heterocycles. The van der Waals surface area contributed by atoms with E-state index in [9.17, 15) is 0 Å². The lowest BCUT2D eigenvalue weighted by Crippen LogP contribution is -2.45. The van der Waals surface area contributed by atoms with Crippen LogP contribution in [0.25, 0.3) is 0 Å². The summed E-state index contributed by atoms with van der Waals surface area (Å²) in [5.41, 5.74) is 7.78. The highest BCUT2D eigenvalue weighted by Gasteiger charge is 2.41. The minimum Gasteiger partial charge on any atom is -0.326 e. The average Bonchev–Trinajstić information content (AvgIpc) is 3.07. The zero-order valence-electron chi connectivity index (χ0n) is 12.8. The molecule has 1 aromatic rings. The smallest absolute Gasteiger partial charge is 0.0538 e. The van der Waals surface area contributed by atoms with Crippen LogP contribution in [0.5, 0.6) is 0 Å². The number of aromatic nitrogens is 2. The van der Waals surface area contributed by atoms with Crippen molar-refractivity contribution in [2.75, 3.05) is 6.54 Å². The lowest BCUT2D eigenvalue weighted by Gasteiger charge is -2.39. The van der Waals surface area contributed by atoms with E-state index in [1.165, 1.54) is 44.2 Å². The molecule has 112 valence electrons. The molecule has 0 radical (unpaired) electrons. The molecule has 4 heteroatoms. The van der Waals surface area contributed by atoms with E-state index in [-0.39, 0.29) is 6.04 Å². The van der Waals surface area contributed by atoms with Crippen LogP contribution in [0.15, 0.2) is 12.4 Å². The van der Waals surface area contributed by atoms with Gasteiger partial charge in [0.05, 0.1) is 12.2 Å². The summed E-state index contributed by atoms with van der Waals surface area (Å²) >= 11 is 0. The van der Waals surface area contributed by atoms with Gasteiger partial charge in [-0.2, -0.15) is 5.10 Å². The van der Waals surface area contributed by atoms with E-state index in [0.717, 1.165) is 18.4 Å². The first-order valence-electron chi connectivity index (χ1n) is 8.20. The molecule has 4 atom stereocenters. The van der Waals surface area contributed by atoms with Gasteiger partial charge in [0.2, 0.25) is 0 Å². The first-order chi connectivity index (χ1) is 9.70. The highest BCUT2D eigenvalue weighted by molar-refractivity contribution is 5.15. The topological polar surface area (TPSA) is 47.1 Å². The molecule has 1 saturated carbocycles. The third-order valence-electron chi connectivity index (χ3n) is 5.35. The summed E-state index contributed by atoms with van der Waals surface area (Å²) < 4.78 is 1.90. The minimum atomic E-state index is 0.208. The Balaban J connectivity index is 1.85. The maximum atomic E-state index is 6.48. The molecular weight excluding hydrogens is 248 g/mol. The van der Waals surface area contributed by atoms with Crippen LogP contribution in [-0.4, -0.2) is 33.3 Å². The molecule has 2 fully saturated rings. The summed E-state index contributed by atoms with van der Waals surface area (Å²) in [7, 11) is 1.99. The number of hydrogen-bond donors (Lipinski definition) is 1. The summed E-state index contributed by atoms with van der Waals surface area (Å²) in [6.07, 6.45) is 12.1. The molecule has 2 aliphatic rings. The van der Waals surface area contributed by atoms with E-state index in [1.54, 1.807) is 0 Å². The molecule has 2 N–H and O–H groups in total. The molecule has 0 bridgehead atoms. The van der Waals surface area contributed by atoms with E-state index in [1.807, 2.05) is 17.9 Å². The average molecular weight is 276 g/mol. The predicted molar refractivity (Wildman–Crippen MR) is 81.3 cm³/mol. The Morgan fingerprint density at radius 1 is 1.35 bits per heavy atom. The molecule has 20 heavy (non-hydrogen) atoms. The quantitative estimate of drug-likeness (QED) is 0.919. The molecule has 0 aromatic carbocycles. The Labute approximate surface area is 122 Å². The molecule has 1 aromatic heterocycles. The molecule has 1 aliphatic heterocycles. The van der Waals surface area contributed by atoms with Crippen molar-refractivity contribution in [1.82, 2.24) is 14.7 Å². The van der Waals surface area contributed by atoms with Crippen LogP contribution in [-0.2, 0) is 7.05 Å². The minimum absolute atomic E-state index is 0.208. The molecule has 4 nitrogen and oxygen atoms in total. The molecule has 0 amide bonds. The largest absolute Gasteiger partial charge is 0.326 e. The van der Waals surface area contributed by atoms with E-state index in [4.69, 9.17) is 5.73 Å². The number of fused-ring (bicyclic) bond motifs is 1. The summed E-state index contributed by atoms with van der Waals surface area (Å²) in [6, 6.07) is 1.31. The van der Waals surface area contributed by atoms with Gasteiger partial charge in [0.15, 0.2) is 0 Å². The standard InChI is InChI=1S/C16H28N4/c1-3-14(17)16(13-10-18-19(2)11-13)20-9-8-12-6-4-5-7-15(12)20/h10-12,14-16H,3-9,17H2,1-2H3. The van der Waals surface area contributed by atoms with Crippen molar-refractivity contribution in [3.63, 3.8) is 0 Å². The van der Waals surface area contributed by atoms with Crippen molar-refractivity contribution in [3.8, 4) is 0 Å². The predicted octanol–water partition coefficient (Wildman–Crippen LogP) is 2.46. The van der Waals surface area contributed by atoms with Crippen LogP contribution in [0, 0.1) is 5.92 Å². The summed E-state index contributed by atoms with van der Waals surface area (Å²) in [6.45, 7) is 3.41. The van der Waals surface area contributed by atoms with Gasteiger partial charge in [0.1, 0.15) is 0 Å². The third-order valence-corrected chi connectivity index (χ3v) is 5.35. The van der Waals surface area contributed by atoms with Gasteiger partial charge in [-0.3, -0.25) is 9.58 Å². The number of rotatable bonds is 4. The van der Waals surface area contributed by atoms with Gasteiger partial charge in [-0.15, -0.1) is 0 Å². The van der Waals surface area contributed by atoms with Gasteiger partial charge in [0, 0.05) is 30.9 Å². The second kappa shape index (κ2) is 5.86. The van der Waals surface area contributed by atoms with Gasteiger partial charge in [-0.25, -0.2) is 0 Å². The van der Waals surface area contributed by atoms with E-state index >= 15 is 0 Å². The highest BCUT2D eigenvalue weighted by Crippen LogP contribution is 2.41. The van der Waals surface area contributed by atoms with Crippen molar-refractivity contribution >= 4 is 0 Å². The maximum absolute atomic E-state index is 6.48. The zero-order valence-corrected chi connectivity index (χ0v) is 12.8. The van der Waals surface area contributed by atoms with Gasteiger partial charge < -0.3 is 5.73 Å². The fourth-order valence-corrected chi connectivity index (χ4v) is 4.29. The van der Waals surface area contributed by atoms with E-state index in [0.29, 0.717) is 6.04 Å². The molecule has 0 spiro atoms. The summed E-state index contributed by atoms with van der Waals surface area (Å²) in [5, 5.41) is 4.36. The number of hydrogen-bond acceptors (Lipinski definition) is 3. The lowest BCUT2D eigenvalue weighted by molar-refractivity contribution is 0.114. The van der Waals surface area contributed by atoms with Crippen LogP contribution in [0.2, 0.25) is 0 Å². The Kier molecular flexibility index (Phi) is 4.13. The maximum Gasteiger partial charge on any atom is 0.0538 e. The molecule has 4 unspecified atom stereocenters. The van der Waals surface area contributed by atoms with Crippen molar-refractivity contribution in [2.45, 2.75) is 63.6 Å². The number of aryl methyl sites for hydroxylation is 1. The van der Waals surface area contributed by atoms with E-state index in [2.05, 4.69) is 23.1 Å². The number of nitrogens with zero attached hydrogens (tertiary/aromatic N) is 3. The van der Waals surface area contributed by atoms with Crippen molar-refractivity contribution in [1.29, 1.82) is 0 Å². The van der Waals surface area contributed by atoms with Gasteiger partial charge in [-0.1, -0.05) is 19.8 Å². The normalized spacial score (nSPS) is 30.1. The van der Waals surface area contributed by atoms with Gasteiger partial charge >= 0.3 is 0 Å². The fraction of sp³-hybridized carbons (Fsp3) is 0.812. The Morgan fingerprint density at radius 2 is 2.15 bits per heavy atom. The fourth-order valence-electron chi connectivity index (χ4n) is 4.29. The Morgan fingerprint density at radius 3 is 2.85 bits per heavy atom. The first-order valence-corrected chi connectivity index (χ1v) is 8.20. The van der Waals surface area contributed by atoms with E-state index < -0.39 is 0 Å². The van der Waals surface area contributed by atoms with Crippen LogP contribution >= 0.6 is 0 Å². The molecule has 1 saturated heterocycles. The summed E-state index contributed by atoms with van der Waals surface area (Å²) in [5.74, 6) is 0.909. The van der Waals surface area contributed by atoms with Crippen LogP contribution in [0.1, 0.15) is 57.1 Å². The molecule has 3 rings (SSSR count). The van der Waals surface area contributed by atoms with Gasteiger partial charge in [0.25, 0.3) is 0 Å². The van der Waals surface area contributed by atoms with Crippen LogP contribution in [0.3, 0.4) is 0 Å². The zero-order chi connectivity index (χ0) is 14.1. The van der Waals surface area contributed by atoms with Crippen molar-refractivity contribution < 1.29 is 0 Å². The second-order valence-corrected chi connectivity index (χ2v) is 6.60. The Bertz CT molecular complexity index is 441. The third kappa shape index (κ3) is 2.51. The SMILES string of the molecule is CCC(N)C(c1cnn(C)c1)N1CCC2CCCCC21. The van der Waals surface area contributed by atoms with Crippen LogP contribution in [0.4, 0.5) is 0 Å². The monoisotopic (exact) mass is 276 g/mol. The Hall–Kier alpha value is -0.870. The lowest BCUT2D eigenvalue weighted by atomic mass is 9.84. The number of likely N-dealkylation sites (tertiary alicyclic amines) is 1. The molecule has 1 aliphatic carbocycles. The first kappa shape index (κ1) is 14.1. The van der Waals surface area contributed by atoms with Crippen LogP contribution < -0.4 is 5.73 Å². The van der Waals surface area contributed by atoms with Crippen molar-refractivity contribution in [2.24, 2.45) is 18.7 Å². The van der Waals surface area contributed by atoms with Gasteiger partial charge in [-0.05, 0) is 38.1 Å². The summed E-state index contributed by atoms with van der Waals surface area (Å²) in [4.78, 5) is 2.70. The second-order valence-electron chi connectivity index (χ2n) is 6.60. The number of nitrogens with two attached hydrogens (primary N) is 1. The van der Waals surface area contributed by atoms with Crippen molar-refractivity contribution in [3.05, 3.63) is 18.0 Å².